The van der Waals surface area contributed by atoms with Crippen LogP contribution >= 0.6 is 15.9 Å². The van der Waals surface area contributed by atoms with Gasteiger partial charge in [-0.15, -0.1) is 0 Å². The molecule has 0 heterocycles. The topological polar surface area (TPSA) is 41.5 Å². The maximum Gasteiger partial charge on any atom is 0.126 e. The summed E-state index contributed by atoms with van der Waals surface area (Å²) in [7, 11) is 0. The fraction of sp³-hybridized carbons (Fsp3) is 0.625. The zero-order chi connectivity index (χ0) is 14.8. The van der Waals surface area contributed by atoms with Gasteiger partial charge >= 0.3 is 0 Å². The van der Waals surface area contributed by atoms with E-state index < -0.39 is 0 Å². The van der Waals surface area contributed by atoms with Gasteiger partial charge in [-0.25, -0.2) is 0 Å². The number of unbranched alkanes of at least 4 members (excludes halogenated alkanes) is 2. The van der Waals surface area contributed by atoms with Crippen molar-refractivity contribution in [1.29, 1.82) is 0 Å². The van der Waals surface area contributed by atoms with E-state index in [1.165, 1.54) is 5.56 Å². The third-order valence-electron chi connectivity index (χ3n) is 3.11. The van der Waals surface area contributed by atoms with E-state index in [-0.39, 0.29) is 6.61 Å². The molecule has 0 aliphatic carbocycles. The highest BCUT2D eigenvalue weighted by molar-refractivity contribution is 9.10. The normalized spacial score (nSPS) is 10.8. The van der Waals surface area contributed by atoms with Gasteiger partial charge in [-0.2, -0.15) is 0 Å². The van der Waals surface area contributed by atoms with Crippen LogP contribution in [0.2, 0.25) is 0 Å². The minimum absolute atomic E-state index is 0.267. The molecule has 0 aliphatic heterocycles. The summed E-state index contributed by atoms with van der Waals surface area (Å²) in [4.78, 5) is 0. The molecule has 0 fully saturated rings. The minimum Gasteiger partial charge on any atom is -0.493 e. The van der Waals surface area contributed by atoms with E-state index in [4.69, 9.17) is 9.84 Å². The second-order valence-electron chi connectivity index (χ2n) is 5.02. The maximum absolute atomic E-state index is 8.77. The number of aliphatic hydroxyl groups is 1. The number of benzene rings is 1. The summed E-state index contributed by atoms with van der Waals surface area (Å²) in [6.07, 6.45) is 3.98. The molecule has 1 aromatic rings. The van der Waals surface area contributed by atoms with E-state index in [2.05, 4.69) is 47.2 Å². The lowest BCUT2D eigenvalue weighted by Gasteiger charge is -2.15. The molecule has 2 N–H and O–H groups in total. The number of halogens is 1. The van der Waals surface area contributed by atoms with Crippen molar-refractivity contribution in [3.8, 4) is 5.75 Å². The van der Waals surface area contributed by atoms with Gasteiger partial charge in [0.25, 0.3) is 0 Å². The van der Waals surface area contributed by atoms with Crippen molar-refractivity contribution in [3.63, 3.8) is 0 Å². The lowest BCUT2D eigenvalue weighted by Crippen LogP contribution is -2.15. The van der Waals surface area contributed by atoms with E-state index in [0.717, 1.165) is 54.6 Å². The summed E-state index contributed by atoms with van der Waals surface area (Å²) < 4.78 is 7.05. The molecular weight excluding hydrogens is 318 g/mol. The van der Waals surface area contributed by atoms with E-state index in [1.54, 1.807) is 0 Å². The third kappa shape index (κ3) is 6.25. The lowest BCUT2D eigenvalue weighted by molar-refractivity contribution is 0.264. The Kier molecular flexibility index (Phi) is 8.90. The Balaban J connectivity index is 2.61. The molecule has 114 valence electrons. The molecular formula is C16H26BrNO2. The van der Waals surface area contributed by atoms with E-state index in [9.17, 15) is 0 Å². The number of ether oxygens (including phenoxy) is 1. The first-order chi connectivity index (χ1) is 9.69. The predicted octanol–water partition coefficient (Wildman–Crippen LogP) is 3.80. The van der Waals surface area contributed by atoms with Crippen LogP contribution in [-0.2, 0) is 6.54 Å². The molecule has 0 unspecified atom stereocenters. The fourth-order valence-electron chi connectivity index (χ4n) is 2.10. The number of aryl methyl sites for hydroxylation is 1. The molecule has 0 radical (unpaired) electrons. The number of rotatable bonds is 10. The van der Waals surface area contributed by atoms with Crippen molar-refractivity contribution in [2.75, 3.05) is 19.8 Å². The largest absolute Gasteiger partial charge is 0.493 e. The molecule has 4 heteroatoms. The standard InChI is InChI=1S/C16H26BrNO2/c1-3-7-18-12-14-11-15(17)10-13(2)16(14)20-9-6-4-5-8-19/h10-11,18-19H,3-9,12H2,1-2H3. The van der Waals surface area contributed by atoms with Gasteiger partial charge in [0.2, 0.25) is 0 Å². The molecule has 0 spiro atoms. The fourth-order valence-corrected chi connectivity index (χ4v) is 2.72. The van der Waals surface area contributed by atoms with Crippen molar-refractivity contribution >= 4 is 15.9 Å². The minimum atomic E-state index is 0.267. The van der Waals surface area contributed by atoms with Gasteiger partial charge in [-0.05, 0) is 56.8 Å². The van der Waals surface area contributed by atoms with Gasteiger partial charge in [-0.1, -0.05) is 22.9 Å². The monoisotopic (exact) mass is 343 g/mol. The summed E-state index contributed by atoms with van der Waals surface area (Å²) in [6.45, 7) is 7.07. The summed E-state index contributed by atoms with van der Waals surface area (Å²) in [5, 5.41) is 12.2. The summed E-state index contributed by atoms with van der Waals surface area (Å²) in [5.41, 5.74) is 2.36. The van der Waals surface area contributed by atoms with Crippen LogP contribution in [0.1, 0.15) is 43.7 Å². The van der Waals surface area contributed by atoms with Crippen molar-refractivity contribution < 1.29 is 9.84 Å². The highest BCUT2D eigenvalue weighted by Gasteiger charge is 2.09. The summed E-state index contributed by atoms with van der Waals surface area (Å²) >= 11 is 3.55. The van der Waals surface area contributed by atoms with E-state index in [0.29, 0.717) is 6.61 Å². The number of aliphatic hydroxyl groups excluding tert-OH is 1. The molecule has 0 aliphatic rings. The Morgan fingerprint density at radius 1 is 1.25 bits per heavy atom. The SMILES string of the molecule is CCCNCc1cc(Br)cc(C)c1OCCCCCO. The van der Waals surface area contributed by atoms with Gasteiger partial charge in [0.15, 0.2) is 0 Å². The highest BCUT2D eigenvalue weighted by atomic mass is 79.9. The molecule has 1 rings (SSSR count). The first-order valence-electron chi connectivity index (χ1n) is 7.42. The molecule has 0 amide bonds. The molecule has 0 saturated heterocycles. The van der Waals surface area contributed by atoms with Crippen LogP contribution < -0.4 is 10.1 Å². The second kappa shape index (κ2) is 10.2. The van der Waals surface area contributed by atoms with Crippen LogP contribution in [0.25, 0.3) is 0 Å². The number of nitrogens with one attached hydrogen (secondary N) is 1. The van der Waals surface area contributed by atoms with Crippen molar-refractivity contribution in [2.24, 2.45) is 0 Å². The quantitative estimate of drug-likeness (QED) is 0.635. The third-order valence-corrected chi connectivity index (χ3v) is 3.57. The maximum atomic E-state index is 8.77. The number of hydrogen-bond donors (Lipinski definition) is 2. The molecule has 20 heavy (non-hydrogen) atoms. The highest BCUT2D eigenvalue weighted by Crippen LogP contribution is 2.28. The van der Waals surface area contributed by atoms with Gasteiger partial charge in [0.05, 0.1) is 6.61 Å². The predicted molar refractivity (Wildman–Crippen MR) is 87.3 cm³/mol. The first-order valence-corrected chi connectivity index (χ1v) is 8.21. The van der Waals surface area contributed by atoms with Crippen LogP contribution in [0, 0.1) is 6.92 Å². The van der Waals surface area contributed by atoms with Crippen LogP contribution in [0.5, 0.6) is 5.75 Å². The van der Waals surface area contributed by atoms with Crippen LogP contribution in [0.4, 0.5) is 0 Å². The molecule has 3 nitrogen and oxygen atoms in total. The Morgan fingerprint density at radius 2 is 2.05 bits per heavy atom. The zero-order valence-electron chi connectivity index (χ0n) is 12.5. The van der Waals surface area contributed by atoms with E-state index in [1.807, 2.05) is 0 Å². The summed E-state index contributed by atoms with van der Waals surface area (Å²) in [6, 6.07) is 4.21. The average Bonchev–Trinajstić information content (AvgIpc) is 2.41. The van der Waals surface area contributed by atoms with Gasteiger partial charge in [0.1, 0.15) is 5.75 Å². The van der Waals surface area contributed by atoms with Crippen molar-refractivity contribution in [3.05, 3.63) is 27.7 Å². The molecule has 0 aromatic heterocycles. The van der Waals surface area contributed by atoms with Crippen molar-refractivity contribution in [2.45, 2.75) is 46.1 Å². The number of hydrogen-bond acceptors (Lipinski definition) is 3. The van der Waals surface area contributed by atoms with Gasteiger partial charge < -0.3 is 15.2 Å². The average molecular weight is 344 g/mol. The Labute approximate surface area is 130 Å². The van der Waals surface area contributed by atoms with E-state index >= 15 is 0 Å². The Morgan fingerprint density at radius 3 is 2.75 bits per heavy atom. The molecule has 0 saturated carbocycles. The smallest absolute Gasteiger partial charge is 0.126 e. The van der Waals surface area contributed by atoms with Gasteiger partial charge in [-0.3, -0.25) is 0 Å². The molecule has 0 bridgehead atoms. The van der Waals surface area contributed by atoms with Gasteiger partial charge in [0, 0.05) is 23.2 Å². The van der Waals surface area contributed by atoms with Crippen LogP contribution in [0.3, 0.4) is 0 Å². The lowest BCUT2D eigenvalue weighted by atomic mass is 10.1. The summed E-state index contributed by atoms with van der Waals surface area (Å²) in [5.74, 6) is 1.00. The zero-order valence-corrected chi connectivity index (χ0v) is 14.1. The second-order valence-corrected chi connectivity index (χ2v) is 5.94. The molecule has 1 aromatic carbocycles. The Hall–Kier alpha value is -0.580. The Bertz CT molecular complexity index is 396. The van der Waals surface area contributed by atoms with Crippen molar-refractivity contribution in [1.82, 2.24) is 5.32 Å². The van der Waals surface area contributed by atoms with Crippen LogP contribution in [-0.4, -0.2) is 24.9 Å². The first kappa shape index (κ1) is 17.5. The van der Waals surface area contributed by atoms with Crippen LogP contribution in [0.15, 0.2) is 16.6 Å². The molecule has 0 atom stereocenters.